The molecule has 2 unspecified atom stereocenters. The van der Waals surface area contributed by atoms with Gasteiger partial charge in [-0.2, -0.15) is 0 Å². The van der Waals surface area contributed by atoms with E-state index >= 15 is 0 Å². The standard InChI is InChI=1S/C24H32N2O4/c1-4-19(3)26(24(28)22-12-6-5-9-18(22)2)17-23(27)25(15-20-10-7-13-29-20)16-21-11-8-14-30-21/h5-7,9-10,12-13,19,21H,4,8,11,14-17H2,1-3H3. The third-order valence-electron chi connectivity index (χ3n) is 5.79. The second kappa shape index (κ2) is 10.4. The second-order valence-corrected chi connectivity index (χ2v) is 7.99. The molecule has 0 spiro atoms. The summed E-state index contributed by atoms with van der Waals surface area (Å²) in [6, 6.07) is 11.1. The minimum atomic E-state index is -0.106. The van der Waals surface area contributed by atoms with Crippen molar-refractivity contribution in [3.63, 3.8) is 0 Å². The lowest BCUT2D eigenvalue weighted by Crippen LogP contribution is -2.48. The number of benzene rings is 1. The van der Waals surface area contributed by atoms with Crippen molar-refractivity contribution in [1.29, 1.82) is 0 Å². The smallest absolute Gasteiger partial charge is 0.254 e. The van der Waals surface area contributed by atoms with Gasteiger partial charge in [0.15, 0.2) is 0 Å². The van der Waals surface area contributed by atoms with Crippen molar-refractivity contribution in [1.82, 2.24) is 9.80 Å². The average molecular weight is 413 g/mol. The number of hydrogen-bond acceptors (Lipinski definition) is 4. The highest BCUT2D eigenvalue weighted by molar-refractivity contribution is 5.97. The van der Waals surface area contributed by atoms with Crippen LogP contribution in [0.1, 0.15) is 54.8 Å². The normalized spacial score (nSPS) is 17.0. The highest BCUT2D eigenvalue weighted by Crippen LogP contribution is 2.18. The number of carbonyl (C=O) groups excluding carboxylic acids is 2. The van der Waals surface area contributed by atoms with Crippen LogP contribution < -0.4 is 0 Å². The zero-order valence-corrected chi connectivity index (χ0v) is 18.2. The van der Waals surface area contributed by atoms with Gasteiger partial charge < -0.3 is 19.0 Å². The van der Waals surface area contributed by atoms with E-state index in [9.17, 15) is 9.59 Å². The van der Waals surface area contributed by atoms with Gasteiger partial charge in [-0.25, -0.2) is 0 Å². The fraction of sp³-hybridized carbons (Fsp3) is 0.500. The number of amides is 2. The maximum atomic E-state index is 13.3. The molecule has 2 aromatic rings. The predicted molar refractivity (Wildman–Crippen MR) is 115 cm³/mol. The third kappa shape index (κ3) is 5.51. The summed E-state index contributed by atoms with van der Waals surface area (Å²) in [6.45, 7) is 7.59. The van der Waals surface area contributed by atoms with Gasteiger partial charge in [0.2, 0.25) is 5.91 Å². The van der Waals surface area contributed by atoms with Gasteiger partial charge >= 0.3 is 0 Å². The van der Waals surface area contributed by atoms with E-state index < -0.39 is 0 Å². The quantitative estimate of drug-likeness (QED) is 0.624. The van der Waals surface area contributed by atoms with E-state index in [1.54, 1.807) is 16.1 Å². The van der Waals surface area contributed by atoms with Gasteiger partial charge in [-0.05, 0) is 56.9 Å². The van der Waals surface area contributed by atoms with Gasteiger partial charge in [0.25, 0.3) is 5.91 Å². The van der Waals surface area contributed by atoms with E-state index in [1.165, 1.54) is 0 Å². The monoisotopic (exact) mass is 412 g/mol. The van der Waals surface area contributed by atoms with E-state index in [2.05, 4.69) is 0 Å². The Hall–Kier alpha value is -2.60. The molecule has 2 atom stereocenters. The number of carbonyl (C=O) groups is 2. The summed E-state index contributed by atoms with van der Waals surface area (Å²) in [6.07, 6.45) is 4.37. The number of ether oxygens (including phenoxy) is 1. The summed E-state index contributed by atoms with van der Waals surface area (Å²) < 4.78 is 11.2. The van der Waals surface area contributed by atoms with Crippen LogP contribution in [0.15, 0.2) is 47.1 Å². The number of furan rings is 1. The lowest BCUT2D eigenvalue weighted by atomic mass is 10.1. The summed E-state index contributed by atoms with van der Waals surface area (Å²) >= 11 is 0. The molecule has 0 N–H and O–H groups in total. The fourth-order valence-electron chi connectivity index (χ4n) is 3.74. The Morgan fingerprint density at radius 3 is 2.63 bits per heavy atom. The summed E-state index contributed by atoms with van der Waals surface area (Å²) in [7, 11) is 0. The van der Waals surface area contributed by atoms with E-state index in [0.717, 1.165) is 37.2 Å². The maximum absolute atomic E-state index is 13.3. The molecule has 162 valence electrons. The summed E-state index contributed by atoms with van der Waals surface area (Å²) in [5, 5.41) is 0. The molecule has 1 aromatic heterocycles. The number of hydrogen-bond donors (Lipinski definition) is 0. The van der Waals surface area contributed by atoms with Gasteiger partial charge in [-0.3, -0.25) is 9.59 Å². The zero-order valence-electron chi connectivity index (χ0n) is 18.2. The summed E-state index contributed by atoms with van der Waals surface area (Å²) in [4.78, 5) is 30.1. The lowest BCUT2D eigenvalue weighted by molar-refractivity contribution is -0.134. The maximum Gasteiger partial charge on any atom is 0.254 e. The number of rotatable bonds is 9. The Labute approximate surface area is 178 Å². The highest BCUT2D eigenvalue weighted by Gasteiger charge is 2.29. The van der Waals surface area contributed by atoms with Crippen LogP contribution in [0.2, 0.25) is 0 Å². The van der Waals surface area contributed by atoms with Gasteiger partial charge in [0.1, 0.15) is 12.3 Å². The molecular formula is C24H32N2O4. The van der Waals surface area contributed by atoms with Crippen LogP contribution in [0, 0.1) is 6.92 Å². The Morgan fingerprint density at radius 1 is 1.20 bits per heavy atom. The van der Waals surface area contributed by atoms with Gasteiger partial charge in [-0.15, -0.1) is 0 Å². The Bertz CT molecular complexity index is 827. The molecule has 1 saturated heterocycles. The number of aryl methyl sites for hydroxylation is 1. The largest absolute Gasteiger partial charge is 0.467 e. The van der Waals surface area contributed by atoms with E-state index in [0.29, 0.717) is 18.7 Å². The van der Waals surface area contributed by atoms with Crippen molar-refractivity contribution in [3.05, 3.63) is 59.5 Å². The van der Waals surface area contributed by atoms with Crippen molar-refractivity contribution in [3.8, 4) is 0 Å². The fourth-order valence-corrected chi connectivity index (χ4v) is 3.74. The van der Waals surface area contributed by atoms with Gasteiger partial charge in [0.05, 0.1) is 18.9 Å². The molecule has 6 heteroatoms. The summed E-state index contributed by atoms with van der Waals surface area (Å²) in [5.74, 6) is 0.525. The van der Waals surface area contributed by atoms with Crippen molar-refractivity contribution in [2.24, 2.45) is 0 Å². The van der Waals surface area contributed by atoms with Gasteiger partial charge in [-0.1, -0.05) is 25.1 Å². The predicted octanol–water partition coefficient (Wildman–Crippen LogP) is 4.04. The molecule has 1 fully saturated rings. The lowest BCUT2D eigenvalue weighted by Gasteiger charge is -2.32. The first-order valence-electron chi connectivity index (χ1n) is 10.8. The second-order valence-electron chi connectivity index (χ2n) is 7.99. The third-order valence-corrected chi connectivity index (χ3v) is 5.79. The molecular weight excluding hydrogens is 380 g/mol. The first-order valence-corrected chi connectivity index (χ1v) is 10.8. The molecule has 6 nitrogen and oxygen atoms in total. The molecule has 0 bridgehead atoms. The van der Waals surface area contributed by atoms with Crippen LogP contribution in [0.4, 0.5) is 0 Å². The topological polar surface area (TPSA) is 63.0 Å². The van der Waals surface area contributed by atoms with Crippen molar-refractivity contribution >= 4 is 11.8 Å². The highest BCUT2D eigenvalue weighted by atomic mass is 16.5. The van der Waals surface area contributed by atoms with Crippen molar-refractivity contribution < 1.29 is 18.7 Å². The van der Waals surface area contributed by atoms with Crippen LogP contribution in [-0.2, 0) is 16.1 Å². The minimum absolute atomic E-state index is 0.0352. The molecule has 0 radical (unpaired) electrons. The van der Waals surface area contributed by atoms with E-state index in [1.807, 2.05) is 57.2 Å². The molecule has 3 rings (SSSR count). The Morgan fingerprint density at radius 2 is 2.00 bits per heavy atom. The molecule has 30 heavy (non-hydrogen) atoms. The Balaban J connectivity index is 1.78. The van der Waals surface area contributed by atoms with E-state index in [-0.39, 0.29) is 30.5 Å². The molecule has 1 aromatic carbocycles. The van der Waals surface area contributed by atoms with Crippen LogP contribution in [0.5, 0.6) is 0 Å². The van der Waals surface area contributed by atoms with Gasteiger partial charge in [0, 0.05) is 24.8 Å². The first-order chi connectivity index (χ1) is 14.5. The molecule has 0 aliphatic carbocycles. The van der Waals surface area contributed by atoms with E-state index in [4.69, 9.17) is 9.15 Å². The minimum Gasteiger partial charge on any atom is -0.467 e. The first kappa shape index (κ1) is 22.1. The van der Waals surface area contributed by atoms with Crippen LogP contribution in [0.3, 0.4) is 0 Å². The molecule has 2 amide bonds. The Kier molecular flexibility index (Phi) is 7.69. The van der Waals surface area contributed by atoms with Crippen molar-refractivity contribution in [2.75, 3.05) is 19.7 Å². The molecule has 2 heterocycles. The zero-order chi connectivity index (χ0) is 21.5. The average Bonchev–Trinajstić information content (AvgIpc) is 3.45. The van der Waals surface area contributed by atoms with Crippen LogP contribution in [0.25, 0.3) is 0 Å². The van der Waals surface area contributed by atoms with Crippen molar-refractivity contribution in [2.45, 2.75) is 58.7 Å². The molecule has 1 aliphatic heterocycles. The SMILES string of the molecule is CCC(C)N(CC(=O)N(Cc1ccco1)CC1CCCO1)C(=O)c1ccccc1C. The molecule has 1 aliphatic rings. The molecule has 0 saturated carbocycles. The summed E-state index contributed by atoms with van der Waals surface area (Å²) in [5.41, 5.74) is 1.55. The van der Waals surface area contributed by atoms with Crippen LogP contribution in [-0.4, -0.2) is 53.5 Å². The van der Waals surface area contributed by atoms with Crippen LogP contribution >= 0.6 is 0 Å². The number of nitrogens with zero attached hydrogens (tertiary/aromatic N) is 2.